The maximum Gasteiger partial charge on any atom is 0.393 e. The van der Waals surface area contributed by atoms with Gasteiger partial charge in [0.05, 0.1) is 25.5 Å². The summed E-state index contributed by atoms with van der Waals surface area (Å²) in [5.74, 6) is -11.1. The monoisotopic (exact) mass is 1420 g/mol. The maximum atomic E-state index is 15.4. The van der Waals surface area contributed by atoms with Crippen molar-refractivity contribution in [3.05, 3.63) is 0 Å². The van der Waals surface area contributed by atoms with Gasteiger partial charge in [-0.05, 0) is 114 Å². The van der Waals surface area contributed by atoms with Gasteiger partial charge in [-0.2, -0.15) is 13.2 Å². The summed E-state index contributed by atoms with van der Waals surface area (Å²) in [6.45, 7) is 12.1. The van der Waals surface area contributed by atoms with Crippen molar-refractivity contribution in [1.82, 2.24) is 60.0 Å². The summed E-state index contributed by atoms with van der Waals surface area (Å²) in [7, 11) is 8.55. The molecule has 3 N–H and O–H groups in total. The molecule has 0 bridgehead atoms. The zero-order valence-electron chi connectivity index (χ0n) is 60.7. The van der Waals surface area contributed by atoms with Gasteiger partial charge in [0.15, 0.2) is 0 Å². The summed E-state index contributed by atoms with van der Waals surface area (Å²) in [4.78, 5) is 191. The van der Waals surface area contributed by atoms with Crippen LogP contribution in [0, 0.1) is 35.5 Å². The van der Waals surface area contributed by atoms with Crippen molar-refractivity contribution in [3.8, 4) is 0 Å². The van der Waals surface area contributed by atoms with E-state index in [4.69, 9.17) is 16.3 Å². The lowest BCUT2D eigenvalue weighted by molar-refractivity contribution is -0.182. The number of nitrogens with one attached hydrogen (secondary N) is 3. The van der Waals surface area contributed by atoms with Crippen LogP contribution in [0.15, 0.2) is 0 Å². The summed E-state index contributed by atoms with van der Waals surface area (Å²) < 4.78 is 47.5. The molecule has 25 nitrogen and oxygen atoms in total. The third kappa shape index (κ3) is 18.9. The number of likely N-dealkylation sites (N-methyl/N-ethyl adjacent to an activating group) is 6. The molecule has 0 aromatic rings. The van der Waals surface area contributed by atoms with Crippen molar-refractivity contribution in [3.63, 3.8) is 0 Å². The number of nitrogens with zero attached hydrogens (tertiary/aromatic N) is 9. The number of hydrogen-bond acceptors (Lipinski definition) is 13. The van der Waals surface area contributed by atoms with Gasteiger partial charge in [-0.15, -0.1) is 11.6 Å². The van der Waals surface area contributed by atoms with Crippen molar-refractivity contribution in [1.29, 1.82) is 0 Å². The molecule has 99 heavy (non-hydrogen) atoms. The first-order valence-electron chi connectivity index (χ1n) is 36.2. The molecule has 4 aliphatic heterocycles. The van der Waals surface area contributed by atoms with Crippen molar-refractivity contribution in [2.24, 2.45) is 35.5 Å². The Labute approximate surface area is 587 Å². The van der Waals surface area contributed by atoms with Gasteiger partial charge in [0, 0.05) is 67.3 Å². The van der Waals surface area contributed by atoms with E-state index < -0.39 is 173 Å². The number of carbonyl (C=O) groups is 12. The van der Waals surface area contributed by atoms with Crippen LogP contribution < -0.4 is 16.0 Å². The van der Waals surface area contributed by atoms with Crippen LogP contribution in [0.25, 0.3) is 0 Å². The predicted octanol–water partition coefficient (Wildman–Crippen LogP) is 4.90. The van der Waals surface area contributed by atoms with Crippen LogP contribution >= 0.6 is 11.6 Å². The molecule has 3 unspecified atom stereocenters. The molecule has 29 heteroatoms. The van der Waals surface area contributed by atoms with E-state index in [9.17, 15) is 51.5 Å². The van der Waals surface area contributed by atoms with Crippen LogP contribution in [0.2, 0.25) is 0 Å². The van der Waals surface area contributed by atoms with Gasteiger partial charge in [-0.25, -0.2) is 0 Å². The number of ether oxygens (including phenoxy) is 1. The molecular weight excluding hydrogens is 1310 g/mol. The predicted molar refractivity (Wildman–Crippen MR) is 362 cm³/mol. The van der Waals surface area contributed by atoms with E-state index in [-0.39, 0.29) is 121 Å². The van der Waals surface area contributed by atoms with E-state index in [2.05, 4.69) is 16.0 Å². The van der Waals surface area contributed by atoms with Crippen molar-refractivity contribution in [2.75, 3.05) is 81.8 Å². The summed E-state index contributed by atoms with van der Waals surface area (Å²) in [5.41, 5.74) is -1.58. The largest absolute Gasteiger partial charge is 0.393 e. The normalized spacial score (nSPS) is 31.1. The van der Waals surface area contributed by atoms with E-state index in [0.29, 0.717) is 25.7 Å². The lowest BCUT2D eigenvalue weighted by atomic mass is 9.78. The summed E-state index contributed by atoms with van der Waals surface area (Å²) in [6, 6.07) is -11.0. The molecule has 3 saturated carbocycles. The second-order valence-corrected chi connectivity index (χ2v) is 30.9. The Morgan fingerprint density at radius 3 is 1.88 bits per heavy atom. The minimum absolute atomic E-state index is 0.00349. The van der Waals surface area contributed by atoms with Crippen molar-refractivity contribution < 1.29 is 75.4 Å². The van der Waals surface area contributed by atoms with Gasteiger partial charge < -0.3 is 64.8 Å². The molecule has 1 spiro atoms. The molecule has 12 amide bonds. The highest BCUT2D eigenvalue weighted by Crippen LogP contribution is 2.44. The first-order chi connectivity index (χ1) is 46.5. The Balaban J connectivity index is 1.27. The van der Waals surface area contributed by atoms with Gasteiger partial charge in [0.2, 0.25) is 70.9 Å². The number of alkyl halides is 4. The molecule has 13 atom stereocenters. The fraction of sp³-hybridized carbons (Fsp3) is 0.829. The summed E-state index contributed by atoms with van der Waals surface area (Å²) in [6.07, 6.45) is 2.13. The highest BCUT2D eigenvalue weighted by molar-refractivity contribution is 6.21. The van der Waals surface area contributed by atoms with Crippen LogP contribution in [-0.2, 0) is 62.3 Å². The van der Waals surface area contributed by atoms with Gasteiger partial charge in [-0.1, -0.05) is 92.9 Å². The average molecular weight is 1420 g/mol. The molecule has 0 aromatic heterocycles. The number of amides is 12. The first-order valence-corrected chi connectivity index (χ1v) is 36.7. The molecule has 558 valence electrons. The third-order valence-corrected chi connectivity index (χ3v) is 23.2. The topological polar surface area (TPSA) is 279 Å². The van der Waals surface area contributed by atoms with Crippen LogP contribution in [0.5, 0.6) is 0 Å². The van der Waals surface area contributed by atoms with Crippen molar-refractivity contribution >= 4 is 82.5 Å². The van der Waals surface area contributed by atoms with Crippen molar-refractivity contribution in [2.45, 2.75) is 255 Å². The number of fused-ring (bicyclic) bond motifs is 2. The maximum absolute atomic E-state index is 15.4. The van der Waals surface area contributed by atoms with E-state index in [1.165, 1.54) is 88.4 Å². The lowest BCUT2D eigenvalue weighted by Gasteiger charge is -2.45. The second kappa shape index (κ2) is 34.6. The van der Waals surface area contributed by atoms with E-state index in [1.807, 2.05) is 20.8 Å². The molecular formula is C70H112ClF3N12O13. The Morgan fingerprint density at radius 2 is 1.30 bits per heavy atom. The zero-order valence-corrected chi connectivity index (χ0v) is 61.4. The lowest BCUT2D eigenvalue weighted by Crippen LogP contribution is -2.65. The first kappa shape index (κ1) is 80.0. The molecule has 7 rings (SSSR count). The molecule has 7 fully saturated rings. The Bertz CT molecular complexity index is 2930. The van der Waals surface area contributed by atoms with Gasteiger partial charge in [0.25, 0.3) is 0 Å². The van der Waals surface area contributed by atoms with Gasteiger partial charge >= 0.3 is 6.18 Å². The molecule has 4 heterocycles. The van der Waals surface area contributed by atoms with E-state index in [0.717, 1.165) is 37.0 Å². The molecule has 7 aliphatic rings. The fourth-order valence-electron chi connectivity index (χ4n) is 16.0. The standard InChI is InChI=1S/C70H112ClF3N12O13/c1-14-43(6)57-66(96)79(9)44(7)61(91)86-32-28-51(86)64(94)81(11)53(37-45-21-16-15-17-22-45)63(93)78(8)39-55(87)75-49(27-25-46-24-26-47(48(71)36-46)70(72,73)74)62(92)85-31-20-23-50(85)60(90)77-69(29-18-19-30-69)68(98)83(13)58(42(4)5)67(97)82(12)54(65(95)84-33-34-99-40-84)38-56(88)80(10)52(35-41(2)3)59(89)76-57/h41-54,57-58H,14-40H2,1-13H3,(H,75,87)(H,76,89)(H,77,90)/t43-,44-,46?,47?,48?,49-,50-,51-,52-,53-,54-,57-,58-/m0/s1. The van der Waals surface area contributed by atoms with Crippen LogP contribution in [0.4, 0.5) is 13.2 Å². The number of halogens is 4. The fourth-order valence-corrected chi connectivity index (χ4v) is 16.5. The van der Waals surface area contributed by atoms with Gasteiger partial charge in [-0.3, -0.25) is 57.5 Å². The minimum Gasteiger partial charge on any atom is -0.359 e. The average Bonchev–Trinajstić information content (AvgIpc) is 1.76. The number of rotatable bonds is 11. The smallest absolute Gasteiger partial charge is 0.359 e. The molecule has 4 saturated heterocycles. The third-order valence-electron chi connectivity index (χ3n) is 22.7. The second-order valence-electron chi connectivity index (χ2n) is 30.3. The molecule has 3 aliphatic carbocycles. The zero-order chi connectivity index (χ0) is 73.3. The van der Waals surface area contributed by atoms with E-state index in [1.54, 1.807) is 20.8 Å². The quantitative estimate of drug-likeness (QED) is 0.233. The van der Waals surface area contributed by atoms with Crippen LogP contribution in [0.1, 0.15) is 183 Å². The van der Waals surface area contributed by atoms with Crippen LogP contribution in [0.3, 0.4) is 0 Å². The van der Waals surface area contributed by atoms with Crippen LogP contribution in [-0.4, -0.2) is 268 Å². The van der Waals surface area contributed by atoms with E-state index >= 15 is 19.2 Å². The van der Waals surface area contributed by atoms with Gasteiger partial charge in [0.1, 0.15) is 66.6 Å². The Kier molecular flexibility index (Phi) is 27.9. The molecule has 0 radical (unpaired) electrons. The number of carbonyl (C=O) groups excluding carboxylic acids is 12. The summed E-state index contributed by atoms with van der Waals surface area (Å²) in [5, 5.41) is 7.56. The SMILES string of the molecule is CC[C@H](C)[C@@H]1NC(=O)[C@H](CC(C)C)N(C)C(=O)C[C@@H](C(=O)N2CCOC2)N(C)C(=O)[C@H](C(C)C)N(C)C(=O)C2(CCCC2)NC(=O)[C@@H]2CCCN2C(=O)[C@H](CCC2CCC(C(F)(F)F)C(Cl)C2)NC(=O)CN(C)C(=O)[C@H](CC2CCCCC2)N(C)C(=O)[C@@H]2CCN2C(=O)[C@H](C)N(C)C1=O. The summed E-state index contributed by atoms with van der Waals surface area (Å²) >= 11 is 6.40. The molecule has 0 aromatic carbocycles. The Morgan fingerprint density at radius 1 is 0.646 bits per heavy atom. The minimum atomic E-state index is -4.51. The number of hydrogen-bond donors (Lipinski definition) is 3. The highest BCUT2D eigenvalue weighted by Gasteiger charge is 2.52. The highest BCUT2D eigenvalue weighted by atomic mass is 35.5. The Hall–Kier alpha value is -6.32.